The maximum absolute atomic E-state index is 12.5. The molecule has 7 heteroatoms. The maximum atomic E-state index is 12.5. The number of aromatic nitrogens is 3. The monoisotopic (exact) mass is 326 g/mol. The van der Waals surface area contributed by atoms with Crippen molar-refractivity contribution < 1.29 is 9.53 Å². The van der Waals surface area contributed by atoms with Gasteiger partial charge in [0.05, 0.1) is 24.6 Å². The van der Waals surface area contributed by atoms with Crippen molar-refractivity contribution in [2.45, 2.75) is 19.4 Å². The van der Waals surface area contributed by atoms with E-state index in [0.29, 0.717) is 17.0 Å². The van der Waals surface area contributed by atoms with Gasteiger partial charge in [-0.15, -0.1) is 0 Å². The van der Waals surface area contributed by atoms with E-state index in [2.05, 4.69) is 9.97 Å². The van der Waals surface area contributed by atoms with Gasteiger partial charge in [0, 0.05) is 0 Å². The number of nitrogens with zero attached hydrogens (tertiary/aromatic N) is 2. The van der Waals surface area contributed by atoms with Crippen LogP contribution in [0.15, 0.2) is 47.3 Å². The summed E-state index contributed by atoms with van der Waals surface area (Å²) in [5.74, 6) is -0.0743. The molecule has 0 aliphatic carbocycles. The van der Waals surface area contributed by atoms with E-state index in [4.69, 9.17) is 10.5 Å². The van der Waals surface area contributed by atoms with Crippen LogP contribution in [-0.4, -0.2) is 27.1 Å². The Morgan fingerprint density at radius 3 is 2.75 bits per heavy atom. The number of rotatable bonds is 5. The van der Waals surface area contributed by atoms with Crippen LogP contribution in [0.2, 0.25) is 0 Å². The first-order valence-electron chi connectivity index (χ1n) is 7.67. The Kier molecular flexibility index (Phi) is 4.33. The van der Waals surface area contributed by atoms with E-state index >= 15 is 0 Å². The number of nitrogens with one attached hydrogen (secondary N) is 1. The number of fused-ring (bicyclic) bond motifs is 1. The van der Waals surface area contributed by atoms with Crippen LogP contribution in [0, 0.1) is 0 Å². The van der Waals surface area contributed by atoms with Crippen LogP contribution in [-0.2, 0) is 9.53 Å². The first kappa shape index (κ1) is 15.8. The van der Waals surface area contributed by atoms with Crippen molar-refractivity contribution in [3.63, 3.8) is 0 Å². The van der Waals surface area contributed by atoms with Gasteiger partial charge in [-0.2, -0.15) is 0 Å². The predicted octanol–water partition coefficient (Wildman–Crippen LogP) is 1.85. The second kappa shape index (κ2) is 6.57. The van der Waals surface area contributed by atoms with Crippen LogP contribution in [0.3, 0.4) is 0 Å². The second-order valence-corrected chi connectivity index (χ2v) is 5.34. The van der Waals surface area contributed by atoms with Crippen molar-refractivity contribution in [2.24, 2.45) is 0 Å². The average molecular weight is 326 g/mol. The van der Waals surface area contributed by atoms with Gasteiger partial charge in [-0.25, -0.2) is 9.78 Å². The third-order valence-corrected chi connectivity index (χ3v) is 3.75. The van der Waals surface area contributed by atoms with Crippen LogP contribution in [0.1, 0.15) is 24.9 Å². The molecule has 0 unspecified atom stereocenters. The summed E-state index contributed by atoms with van der Waals surface area (Å²) in [5.41, 5.74) is 7.21. The molecule has 3 rings (SSSR count). The molecule has 0 saturated heterocycles. The molecule has 2 aromatic heterocycles. The first-order chi connectivity index (χ1) is 11.6. The van der Waals surface area contributed by atoms with Crippen LogP contribution in [0.5, 0.6) is 0 Å². The molecule has 1 aromatic carbocycles. The number of hydrogen-bond acceptors (Lipinski definition) is 5. The van der Waals surface area contributed by atoms with Crippen molar-refractivity contribution in [1.82, 2.24) is 14.5 Å². The van der Waals surface area contributed by atoms with E-state index in [0.717, 1.165) is 5.56 Å². The highest BCUT2D eigenvalue weighted by atomic mass is 16.5. The zero-order valence-corrected chi connectivity index (χ0v) is 13.2. The Morgan fingerprint density at radius 2 is 2.04 bits per heavy atom. The molecule has 0 aliphatic rings. The molecule has 0 fully saturated rings. The Balaban J connectivity index is 2.15. The quantitative estimate of drug-likeness (QED) is 0.697. The molecule has 0 saturated carbocycles. The Bertz CT molecular complexity index is 914. The van der Waals surface area contributed by atoms with Crippen LogP contribution >= 0.6 is 0 Å². The molecule has 0 amide bonds. The number of nitrogen functional groups attached to an aromatic ring is 1. The molecular formula is C17H18N4O3. The van der Waals surface area contributed by atoms with Gasteiger partial charge >= 0.3 is 11.7 Å². The van der Waals surface area contributed by atoms with Crippen LogP contribution in [0.4, 0.5) is 5.82 Å². The molecule has 1 atom stereocenters. The number of carbonyl (C=O) groups excluding carboxylic acids is 1. The molecule has 3 N–H and O–H groups in total. The Hall–Kier alpha value is -3.09. The van der Waals surface area contributed by atoms with Gasteiger partial charge in [0.25, 0.3) is 0 Å². The highest BCUT2D eigenvalue weighted by Gasteiger charge is 2.23. The number of imidazole rings is 1. The lowest BCUT2D eigenvalue weighted by atomic mass is 10.0. The summed E-state index contributed by atoms with van der Waals surface area (Å²) in [4.78, 5) is 31.5. The van der Waals surface area contributed by atoms with Gasteiger partial charge < -0.3 is 15.5 Å². The lowest BCUT2D eigenvalue weighted by molar-refractivity contribution is -0.143. The fourth-order valence-electron chi connectivity index (χ4n) is 2.72. The summed E-state index contributed by atoms with van der Waals surface area (Å²) < 4.78 is 6.51. The Labute approximate surface area is 138 Å². The lowest BCUT2D eigenvalue weighted by Crippen LogP contribution is -2.26. The SMILES string of the molecule is CCOC(=O)C[C@H](c1ccccc1)n1c(=O)[nH]c2ccc(N)nc21. The van der Waals surface area contributed by atoms with Gasteiger partial charge in [-0.05, 0) is 24.6 Å². The molecule has 0 aliphatic heterocycles. The van der Waals surface area contributed by atoms with Gasteiger partial charge in [-0.3, -0.25) is 9.36 Å². The maximum Gasteiger partial charge on any atom is 0.328 e. The van der Waals surface area contributed by atoms with Crippen LogP contribution < -0.4 is 11.4 Å². The smallest absolute Gasteiger partial charge is 0.328 e. The molecular weight excluding hydrogens is 308 g/mol. The number of hydrogen-bond donors (Lipinski definition) is 2. The summed E-state index contributed by atoms with van der Waals surface area (Å²) in [7, 11) is 0. The fourth-order valence-corrected chi connectivity index (χ4v) is 2.72. The molecule has 0 bridgehead atoms. The summed E-state index contributed by atoms with van der Waals surface area (Å²) in [6, 6.07) is 12.1. The molecule has 0 spiro atoms. The van der Waals surface area contributed by atoms with E-state index in [1.54, 1.807) is 19.1 Å². The van der Waals surface area contributed by atoms with Crippen molar-refractivity contribution in [2.75, 3.05) is 12.3 Å². The number of aromatic amines is 1. The molecule has 3 aromatic rings. The third kappa shape index (κ3) is 3.01. The molecule has 24 heavy (non-hydrogen) atoms. The fraction of sp³-hybridized carbons (Fsp3) is 0.235. The predicted molar refractivity (Wildman–Crippen MR) is 90.6 cm³/mol. The topological polar surface area (TPSA) is 103 Å². The number of anilines is 1. The van der Waals surface area contributed by atoms with E-state index in [1.807, 2.05) is 30.3 Å². The molecule has 0 radical (unpaired) electrons. The third-order valence-electron chi connectivity index (χ3n) is 3.75. The minimum absolute atomic E-state index is 0.0290. The summed E-state index contributed by atoms with van der Waals surface area (Å²) in [6.07, 6.45) is 0.0290. The van der Waals surface area contributed by atoms with Crippen molar-refractivity contribution in [1.29, 1.82) is 0 Å². The zero-order valence-electron chi connectivity index (χ0n) is 13.2. The zero-order chi connectivity index (χ0) is 17.1. The van der Waals surface area contributed by atoms with E-state index < -0.39 is 6.04 Å². The van der Waals surface area contributed by atoms with Gasteiger partial charge in [0.1, 0.15) is 5.82 Å². The average Bonchev–Trinajstić information content (AvgIpc) is 2.89. The summed E-state index contributed by atoms with van der Waals surface area (Å²) in [6.45, 7) is 2.03. The lowest BCUT2D eigenvalue weighted by Gasteiger charge is -2.18. The normalized spacial score (nSPS) is 12.2. The van der Waals surface area contributed by atoms with Crippen molar-refractivity contribution in [3.8, 4) is 0 Å². The highest BCUT2D eigenvalue weighted by Crippen LogP contribution is 2.24. The number of benzene rings is 1. The number of esters is 1. The number of carbonyl (C=O) groups is 1. The van der Waals surface area contributed by atoms with Crippen molar-refractivity contribution >= 4 is 23.0 Å². The van der Waals surface area contributed by atoms with Crippen molar-refractivity contribution in [3.05, 3.63) is 58.5 Å². The molecule has 124 valence electrons. The van der Waals surface area contributed by atoms with Gasteiger partial charge in [0.15, 0.2) is 5.65 Å². The van der Waals surface area contributed by atoms with Crippen LogP contribution in [0.25, 0.3) is 11.2 Å². The molecule has 7 nitrogen and oxygen atoms in total. The molecule has 2 heterocycles. The van der Waals surface area contributed by atoms with E-state index in [1.165, 1.54) is 4.57 Å². The number of H-pyrrole nitrogens is 1. The number of nitrogens with two attached hydrogens (primary N) is 1. The minimum Gasteiger partial charge on any atom is -0.466 e. The van der Waals surface area contributed by atoms with Gasteiger partial charge in [0.2, 0.25) is 0 Å². The Morgan fingerprint density at radius 1 is 1.29 bits per heavy atom. The van der Waals surface area contributed by atoms with E-state index in [-0.39, 0.29) is 24.7 Å². The largest absolute Gasteiger partial charge is 0.466 e. The van der Waals surface area contributed by atoms with E-state index in [9.17, 15) is 9.59 Å². The minimum atomic E-state index is -0.527. The standard InChI is InChI=1S/C17H18N4O3/c1-2-24-15(22)10-13(11-6-4-3-5-7-11)21-16-12(19-17(21)23)8-9-14(18)20-16/h3-9,13H,2,10H2,1H3,(H2,18,20)(H,19,23)/t13-/m1/s1. The highest BCUT2D eigenvalue weighted by molar-refractivity contribution is 5.74. The van der Waals surface area contributed by atoms with Gasteiger partial charge in [-0.1, -0.05) is 30.3 Å². The number of pyridine rings is 1. The second-order valence-electron chi connectivity index (χ2n) is 5.34. The number of ether oxygens (including phenoxy) is 1. The summed E-state index contributed by atoms with van der Waals surface area (Å²) in [5, 5.41) is 0. The summed E-state index contributed by atoms with van der Waals surface area (Å²) >= 11 is 0. The first-order valence-corrected chi connectivity index (χ1v) is 7.67.